The number of carboxylic acids is 1. The van der Waals surface area contributed by atoms with E-state index < -0.39 is 5.97 Å². The number of thiazole rings is 1. The standard InChI is InChI=1S/C18H14ClNO3S.Na/c19-13-6-7-16(23-10-12-4-2-1-3-5-12)15(8-13)18-20-14(11-24-18)9-17(21)22;/h1-8,11H,9-10H2,(H,21,22);/q;+1/p-1. The zero-order chi connectivity index (χ0) is 16.9. The van der Waals surface area contributed by atoms with Crippen LogP contribution >= 0.6 is 22.9 Å². The van der Waals surface area contributed by atoms with E-state index in [1.165, 1.54) is 11.3 Å². The van der Waals surface area contributed by atoms with Gasteiger partial charge in [0.05, 0.1) is 11.3 Å². The minimum absolute atomic E-state index is 0. The molecule has 0 amide bonds. The first-order valence-electron chi connectivity index (χ1n) is 7.23. The fraction of sp³-hybridized carbons (Fsp3) is 0.111. The molecule has 0 aliphatic rings. The third-order valence-corrected chi connectivity index (χ3v) is 4.45. The van der Waals surface area contributed by atoms with Crippen molar-refractivity contribution in [3.8, 4) is 16.3 Å². The summed E-state index contributed by atoms with van der Waals surface area (Å²) in [5.41, 5.74) is 2.26. The van der Waals surface area contributed by atoms with E-state index in [2.05, 4.69) is 4.98 Å². The number of aliphatic carboxylic acids is 1. The van der Waals surface area contributed by atoms with E-state index in [4.69, 9.17) is 16.3 Å². The normalized spacial score (nSPS) is 10.1. The van der Waals surface area contributed by atoms with Gasteiger partial charge in [0.1, 0.15) is 17.4 Å². The first-order valence-corrected chi connectivity index (χ1v) is 8.48. The van der Waals surface area contributed by atoms with Gasteiger partial charge >= 0.3 is 29.6 Å². The minimum atomic E-state index is -1.15. The fourth-order valence-electron chi connectivity index (χ4n) is 2.19. The number of carbonyl (C=O) groups is 1. The summed E-state index contributed by atoms with van der Waals surface area (Å²) in [6, 6.07) is 15.1. The van der Waals surface area contributed by atoms with Crippen LogP contribution in [0, 0.1) is 0 Å². The average molecular weight is 382 g/mol. The second-order valence-corrected chi connectivity index (χ2v) is 6.40. The summed E-state index contributed by atoms with van der Waals surface area (Å²) >= 11 is 7.44. The molecule has 25 heavy (non-hydrogen) atoms. The Hall–Kier alpha value is -1.37. The molecule has 0 unspecified atom stereocenters. The molecule has 0 saturated heterocycles. The van der Waals surface area contributed by atoms with Crippen molar-refractivity contribution in [2.24, 2.45) is 0 Å². The molecule has 0 atom stereocenters. The summed E-state index contributed by atoms with van der Waals surface area (Å²) < 4.78 is 5.90. The Labute approximate surface area is 176 Å². The van der Waals surface area contributed by atoms with Crippen LogP contribution in [0.25, 0.3) is 10.6 Å². The predicted octanol–water partition coefficient (Wildman–Crippen LogP) is 0.339. The van der Waals surface area contributed by atoms with E-state index in [1.807, 2.05) is 30.3 Å². The van der Waals surface area contributed by atoms with Crippen LogP contribution < -0.4 is 39.4 Å². The van der Waals surface area contributed by atoms with Crippen LogP contribution in [0.1, 0.15) is 11.3 Å². The van der Waals surface area contributed by atoms with Gasteiger partial charge in [0, 0.05) is 22.8 Å². The monoisotopic (exact) mass is 381 g/mol. The molecular weight excluding hydrogens is 369 g/mol. The molecule has 1 aromatic heterocycles. The first kappa shape index (κ1) is 19.9. The number of aromatic nitrogens is 1. The van der Waals surface area contributed by atoms with E-state index in [9.17, 15) is 9.90 Å². The number of benzene rings is 2. The van der Waals surface area contributed by atoms with Crippen molar-refractivity contribution in [3.05, 3.63) is 70.2 Å². The Morgan fingerprint density at radius 1 is 1.20 bits per heavy atom. The van der Waals surface area contributed by atoms with Crippen LogP contribution in [-0.2, 0) is 17.8 Å². The summed E-state index contributed by atoms with van der Waals surface area (Å²) in [6.45, 7) is 0.423. The van der Waals surface area contributed by atoms with E-state index in [-0.39, 0.29) is 36.0 Å². The zero-order valence-corrected chi connectivity index (χ0v) is 17.1. The maximum atomic E-state index is 10.7. The number of carboxylic acid groups (broad SMARTS) is 1. The molecule has 0 spiro atoms. The molecule has 0 aliphatic carbocycles. The molecule has 2 aromatic carbocycles. The maximum Gasteiger partial charge on any atom is 1.00 e. The molecule has 4 nitrogen and oxygen atoms in total. The maximum absolute atomic E-state index is 10.7. The third kappa shape index (κ3) is 5.56. The molecule has 0 fully saturated rings. The Morgan fingerprint density at radius 2 is 1.96 bits per heavy atom. The quantitative estimate of drug-likeness (QED) is 0.578. The van der Waals surface area contributed by atoms with Crippen molar-refractivity contribution in [3.63, 3.8) is 0 Å². The second-order valence-electron chi connectivity index (χ2n) is 5.11. The molecule has 0 N–H and O–H groups in total. The van der Waals surface area contributed by atoms with Crippen molar-refractivity contribution >= 4 is 28.9 Å². The summed E-state index contributed by atoms with van der Waals surface area (Å²) in [5.74, 6) is -0.504. The Kier molecular flexibility index (Phi) is 7.47. The van der Waals surface area contributed by atoms with Gasteiger partial charge in [-0.15, -0.1) is 11.3 Å². The van der Waals surface area contributed by atoms with Crippen LogP contribution in [0.15, 0.2) is 53.9 Å². The van der Waals surface area contributed by atoms with Crippen LogP contribution in [-0.4, -0.2) is 11.0 Å². The largest absolute Gasteiger partial charge is 1.00 e. The molecule has 0 bridgehead atoms. The molecule has 7 heteroatoms. The van der Waals surface area contributed by atoms with E-state index in [0.717, 1.165) is 11.1 Å². The van der Waals surface area contributed by atoms with Gasteiger partial charge in [-0.2, -0.15) is 0 Å². The number of hydrogen-bond acceptors (Lipinski definition) is 5. The Balaban J connectivity index is 0.00000225. The first-order chi connectivity index (χ1) is 11.6. The number of hydrogen-bond donors (Lipinski definition) is 0. The van der Waals surface area contributed by atoms with Gasteiger partial charge in [0.25, 0.3) is 0 Å². The van der Waals surface area contributed by atoms with Gasteiger partial charge < -0.3 is 14.6 Å². The van der Waals surface area contributed by atoms with Gasteiger partial charge in [0.15, 0.2) is 0 Å². The molecule has 0 radical (unpaired) electrons. The van der Waals surface area contributed by atoms with Crippen LogP contribution in [0.2, 0.25) is 5.02 Å². The number of rotatable bonds is 6. The van der Waals surface area contributed by atoms with Crippen LogP contribution in [0.4, 0.5) is 0 Å². The van der Waals surface area contributed by atoms with Crippen LogP contribution in [0.3, 0.4) is 0 Å². The second kappa shape index (κ2) is 9.36. The third-order valence-electron chi connectivity index (χ3n) is 3.29. The summed E-state index contributed by atoms with van der Waals surface area (Å²) in [6.07, 6.45) is -0.211. The number of nitrogens with zero attached hydrogens (tertiary/aromatic N) is 1. The molecule has 3 rings (SSSR count). The average Bonchev–Trinajstić information content (AvgIpc) is 3.02. The zero-order valence-electron chi connectivity index (χ0n) is 13.6. The smallest absolute Gasteiger partial charge is 0.550 e. The molecule has 122 valence electrons. The predicted molar refractivity (Wildman–Crippen MR) is 92.0 cm³/mol. The number of carbonyl (C=O) groups excluding carboxylic acids is 1. The van der Waals surface area contributed by atoms with Crippen molar-refractivity contribution in [1.29, 1.82) is 0 Å². The SMILES string of the molecule is O=C([O-])Cc1csc(-c2cc(Cl)ccc2OCc2ccccc2)n1.[Na+]. The summed E-state index contributed by atoms with van der Waals surface area (Å²) in [4.78, 5) is 15.0. The molecule has 0 aliphatic heterocycles. The van der Waals surface area contributed by atoms with E-state index in [1.54, 1.807) is 23.6 Å². The van der Waals surface area contributed by atoms with E-state index >= 15 is 0 Å². The van der Waals surface area contributed by atoms with Crippen molar-refractivity contribution in [2.75, 3.05) is 0 Å². The van der Waals surface area contributed by atoms with Gasteiger partial charge in [-0.05, 0) is 23.8 Å². The van der Waals surface area contributed by atoms with Gasteiger partial charge in [-0.3, -0.25) is 0 Å². The molecular formula is C18H13ClNNaO3S. The van der Waals surface area contributed by atoms with E-state index in [0.29, 0.717) is 28.1 Å². The molecule has 0 saturated carbocycles. The minimum Gasteiger partial charge on any atom is -0.550 e. The summed E-state index contributed by atoms with van der Waals surface area (Å²) in [7, 11) is 0. The fourth-order valence-corrected chi connectivity index (χ4v) is 3.20. The Bertz CT molecular complexity index is 855. The van der Waals surface area contributed by atoms with Crippen molar-refractivity contribution < 1.29 is 44.2 Å². The van der Waals surface area contributed by atoms with Crippen molar-refractivity contribution in [2.45, 2.75) is 13.0 Å². The van der Waals surface area contributed by atoms with Gasteiger partial charge in [-0.25, -0.2) is 4.98 Å². The van der Waals surface area contributed by atoms with Crippen LogP contribution in [0.5, 0.6) is 5.75 Å². The Morgan fingerprint density at radius 3 is 2.68 bits per heavy atom. The number of ether oxygens (including phenoxy) is 1. The topological polar surface area (TPSA) is 62.2 Å². The van der Waals surface area contributed by atoms with Gasteiger partial charge in [-0.1, -0.05) is 41.9 Å². The van der Waals surface area contributed by atoms with Gasteiger partial charge in [0.2, 0.25) is 0 Å². The molecule has 3 aromatic rings. The molecule has 1 heterocycles. The van der Waals surface area contributed by atoms with Crippen molar-refractivity contribution in [1.82, 2.24) is 4.98 Å². The number of halogens is 1. The summed E-state index contributed by atoms with van der Waals surface area (Å²) in [5, 5.41) is 13.6.